The monoisotopic (exact) mass is 304 g/mol. The van der Waals surface area contributed by atoms with Gasteiger partial charge in [0.25, 0.3) is 11.5 Å². The number of carbonyl (C=O) groups excluding carboxylic acids is 1. The number of carbonyl (C=O) groups is 1. The summed E-state index contributed by atoms with van der Waals surface area (Å²) in [5.41, 5.74) is 1.45. The van der Waals surface area contributed by atoms with Crippen LogP contribution >= 0.6 is 0 Å². The van der Waals surface area contributed by atoms with Gasteiger partial charge in [-0.1, -0.05) is 0 Å². The van der Waals surface area contributed by atoms with Crippen molar-refractivity contribution in [1.29, 1.82) is 0 Å². The molecule has 1 aliphatic rings. The molecule has 0 unspecified atom stereocenters. The quantitative estimate of drug-likeness (QED) is 0.784. The third-order valence-corrected chi connectivity index (χ3v) is 4.22. The van der Waals surface area contributed by atoms with Crippen LogP contribution < -0.4 is 5.56 Å². The van der Waals surface area contributed by atoms with Crippen molar-refractivity contribution in [2.24, 2.45) is 14.1 Å². The summed E-state index contributed by atoms with van der Waals surface area (Å²) in [7, 11) is 3.53. The highest BCUT2D eigenvalue weighted by Crippen LogP contribution is 2.18. The van der Waals surface area contributed by atoms with Gasteiger partial charge in [-0.2, -0.15) is 0 Å². The highest BCUT2D eigenvalue weighted by Gasteiger charge is 2.26. The van der Waals surface area contributed by atoms with Crippen LogP contribution in [-0.2, 0) is 27.1 Å². The van der Waals surface area contributed by atoms with Gasteiger partial charge in [0.1, 0.15) is 0 Å². The highest BCUT2D eigenvalue weighted by molar-refractivity contribution is 5.94. The van der Waals surface area contributed by atoms with Crippen molar-refractivity contribution < 1.29 is 9.18 Å². The van der Waals surface area contributed by atoms with E-state index in [1.165, 1.54) is 21.8 Å². The zero-order chi connectivity index (χ0) is 15.9. The molecule has 2 aromatic heterocycles. The third kappa shape index (κ3) is 2.22. The zero-order valence-electron chi connectivity index (χ0n) is 12.5. The van der Waals surface area contributed by atoms with Gasteiger partial charge in [0, 0.05) is 32.5 Å². The molecule has 0 bridgehead atoms. The number of halogens is 1. The Morgan fingerprint density at radius 2 is 2.09 bits per heavy atom. The van der Waals surface area contributed by atoms with Gasteiger partial charge in [0.05, 0.1) is 23.9 Å². The molecule has 22 heavy (non-hydrogen) atoms. The maximum Gasteiger partial charge on any atom is 0.271 e. The molecule has 116 valence electrons. The molecule has 0 atom stereocenters. The summed E-state index contributed by atoms with van der Waals surface area (Å²) in [5.74, 6) is -1.04. The minimum atomic E-state index is -0.641. The van der Waals surface area contributed by atoms with E-state index in [9.17, 15) is 14.0 Å². The highest BCUT2D eigenvalue weighted by atomic mass is 19.1. The Kier molecular flexibility index (Phi) is 3.56. The van der Waals surface area contributed by atoms with Crippen LogP contribution in [0.15, 0.2) is 23.3 Å². The van der Waals surface area contributed by atoms with Gasteiger partial charge < -0.3 is 4.90 Å². The van der Waals surface area contributed by atoms with Crippen molar-refractivity contribution in [1.82, 2.24) is 19.2 Å². The summed E-state index contributed by atoms with van der Waals surface area (Å²) in [6.45, 7) is 0.710. The molecule has 2 aromatic rings. The van der Waals surface area contributed by atoms with Gasteiger partial charge >= 0.3 is 0 Å². The maximum absolute atomic E-state index is 13.8. The lowest BCUT2D eigenvalue weighted by molar-refractivity contribution is 0.0740. The van der Waals surface area contributed by atoms with Crippen molar-refractivity contribution in [3.05, 3.63) is 51.5 Å². The number of fused-ring (bicyclic) bond motifs is 1. The average molecular weight is 304 g/mol. The van der Waals surface area contributed by atoms with Crippen LogP contribution in [0.4, 0.5) is 4.39 Å². The fraction of sp³-hybridized carbons (Fsp3) is 0.400. The van der Waals surface area contributed by atoms with E-state index in [4.69, 9.17) is 0 Å². The summed E-state index contributed by atoms with van der Waals surface area (Å²) in [5, 5.41) is 0. The summed E-state index contributed by atoms with van der Waals surface area (Å²) < 4.78 is 17.1. The van der Waals surface area contributed by atoms with E-state index in [0.29, 0.717) is 12.1 Å². The Morgan fingerprint density at radius 1 is 1.32 bits per heavy atom. The molecule has 0 radical (unpaired) electrons. The fourth-order valence-corrected chi connectivity index (χ4v) is 2.90. The molecule has 0 fully saturated rings. The molecular formula is C15H17FN4O2. The van der Waals surface area contributed by atoms with E-state index in [-0.39, 0.29) is 17.7 Å². The Balaban J connectivity index is 1.97. The van der Waals surface area contributed by atoms with E-state index >= 15 is 0 Å². The largest absolute Gasteiger partial charge is 0.334 e. The predicted molar refractivity (Wildman–Crippen MR) is 77.9 cm³/mol. The summed E-state index contributed by atoms with van der Waals surface area (Å²) in [6, 6.07) is 1.37. The van der Waals surface area contributed by atoms with E-state index in [2.05, 4.69) is 4.98 Å². The molecule has 6 nitrogen and oxygen atoms in total. The summed E-state index contributed by atoms with van der Waals surface area (Å²) in [4.78, 5) is 30.0. The number of hydrogen-bond donors (Lipinski definition) is 0. The lowest BCUT2D eigenvalue weighted by atomic mass is 10.2. The van der Waals surface area contributed by atoms with Gasteiger partial charge in [-0.05, 0) is 18.9 Å². The number of hydrogen-bond acceptors (Lipinski definition) is 3. The van der Waals surface area contributed by atoms with Gasteiger partial charge in [-0.15, -0.1) is 0 Å². The van der Waals surface area contributed by atoms with E-state index in [1.54, 1.807) is 7.05 Å². The van der Waals surface area contributed by atoms with Crippen molar-refractivity contribution in [2.45, 2.75) is 19.4 Å². The van der Waals surface area contributed by atoms with Gasteiger partial charge in [-0.3, -0.25) is 23.9 Å². The fourth-order valence-electron chi connectivity index (χ4n) is 2.90. The smallest absolute Gasteiger partial charge is 0.271 e. The SMILES string of the molecule is Cn1c2c(c(=O)n1C)CN(C(=O)c1ccncc1F)CCC2. The second-order valence-electron chi connectivity index (χ2n) is 5.46. The van der Waals surface area contributed by atoms with Crippen molar-refractivity contribution in [3.63, 3.8) is 0 Å². The number of rotatable bonds is 1. The van der Waals surface area contributed by atoms with E-state index in [1.807, 2.05) is 11.7 Å². The lowest BCUT2D eigenvalue weighted by Crippen LogP contribution is -2.33. The molecule has 3 heterocycles. The molecule has 0 aromatic carbocycles. The third-order valence-electron chi connectivity index (χ3n) is 4.22. The van der Waals surface area contributed by atoms with Crippen LogP contribution in [0.25, 0.3) is 0 Å². The molecule has 0 saturated heterocycles. The first kappa shape index (κ1) is 14.5. The molecule has 1 aliphatic heterocycles. The van der Waals surface area contributed by atoms with Gasteiger partial charge in [0.15, 0.2) is 5.82 Å². The van der Waals surface area contributed by atoms with Crippen molar-refractivity contribution in [2.75, 3.05) is 6.54 Å². The Hall–Kier alpha value is -2.44. The van der Waals surface area contributed by atoms with Crippen molar-refractivity contribution >= 4 is 5.91 Å². The van der Waals surface area contributed by atoms with Crippen LogP contribution in [0.1, 0.15) is 28.0 Å². The minimum absolute atomic E-state index is 0.00814. The van der Waals surface area contributed by atoms with Crippen LogP contribution in [0.5, 0.6) is 0 Å². The summed E-state index contributed by atoms with van der Waals surface area (Å²) >= 11 is 0. The maximum atomic E-state index is 13.8. The molecule has 0 spiro atoms. The Labute approximate surface area is 126 Å². The number of nitrogens with zero attached hydrogens (tertiary/aromatic N) is 4. The molecule has 0 N–H and O–H groups in total. The van der Waals surface area contributed by atoms with Gasteiger partial charge in [-0.25, -0.2) is 4.39 Å². The number of aromatic nitrogens is 3. The van der Waals surface area contributed by atoms with Crippen LogP contribution in [-0.4, -0.2) is 31.7 Å². The first-order valence-electron chi connectivity index (χ1n) is 7.13. The molecule has 0 aliphatic carbocycles. The van der Waals surface area contributed by atoms with Crippen LogP contribution in [0, 0.1) is 5.82 Å². The predicted octanol–water partition coefficient (Wildman–Crippen LogP) is 0.846. The minimum Gasteiger partial charge on any atom is -0.334 e. The van der Waals surface area contributed by atoms with Crippen molar-refractivity contribution in [3.8, 4) is 0 Å². The molecular weight excluding hydrogens is 287 g/mol. The molecule has 0 saturated carbocycles. The number of amides is 1. The lowest BCUT2D eigenvalue weighted by Gasteiger charge is -2.20. The Morgan fingerprint density at radius 3 is 2.82 bits per heavy atom. The first-order valence-corrected chi connectivity index (χ1v) is 7.13. The first-order chi connectivity index (χ1) is 10.5. The molecule has 1 amide bonds. The number of pyridine rings is 1. The van der Waals surface area contributed by atoms with Crippen LogP contribution in [0.3, 0.4) is 0 Å². The molecule has 3 rings (SSSR count). The molecule has 7 heteroatoms. The Bertz CT molecular complexity index is 793. The average Bonchev–Trinajstić information content (AvgIpc) is 2.70. The second kappa shape index (κ2) is 5.40. The standard InChI is InChI=1S/C15H17FN4O2/c1-18-13-4-3-7-20(9-11(13)14(21)19(18)2)15(22)10-5-6-17-8-12(10)16/h5-6,8H,3-4,7,9H2,1-2H3. The normalized spacial score (nSPS) is 14.6. The zero-order valence-corrected chi connectivity index (χ0v) is 12.5. The summed E-state index contributed by atoms with van der Waals surface area (Å²) in [6.07, 6.45) is 3.88. The van der Waals surface area contributed by atoms with E-state index in [0.717, 1.165) is 24.7 Å². The second-order valence-corrected chi connectivity index (χ2v) is 5.46. The van der Waals surface area contributed by atoms with Crippen LogP contribution in [0.2, 0.25) is 0 Å². The topological polar surface area (TPSA) is 60.1 Å². The van der Waals surface area contributed by atoms with E-state index < -0.39 is 11.7 Å². The van der Waals surface area contributed by atoms with Gasteiger partial charge in [0.2, 0.25) is 0 Å².